The summed E-state index contributed by atoms with van der Waals surface area (Å²) in [6, 6.07) is 10.5. The van der Waals surface area contributed by atoms with Gasteiger partial charge >= 0.3 is 0 Å². The summed E-state index contributed by atoms with van der Waals surface area (Å²) in [5.74, 6) is 2.60. The highest BCUT2D eigenvalue weighted by Gasteiger charge is 2.19. The standard InChI is InChI=1S/C24H37N7/c1-4-23-28-27-20-31(23)14-12-25-24(26-19-21(2)3)30-17-15-29(16-18-30)13-8-11-22-9-6-5-7-10-22/h5-11,20-21H,4,12-19H2,1-3H3,(H,25,26)/b11-8+. The zero-order valence-corrected chi connectivity index (χ0v) is 19.2. The van der Waals surface area contributed by atoms with Gasteiger partial charge in [0, 0.05) is 58.8 Å². The molecule has 1 aliphatic heterocycles. The van der Waals surface area contributed by atoms with Crippen LogP contribution in [-0.4, -0.2) is 76.3 Å². The van der Waals surface area contributed by atoms with E-state index >= 15 is 0 Å². The Morgan fingerprint density at radius 1 is 1.16 bits per heavy atom. The third kappa shape index (κ3) is 7.51. The minimum Gasteiger partial charge on any atom is -0.354 e. The van der Waals surface area contributed by atoms with E-state index in [1.807, 2.05) is 6.33 Å². The molecule has 2 aromatic rings. The summed E-state index contributed by atoms with van der Waals surface area (Å²) in [6.07, 6.45) is 7.18. The molecule has 0 bridgehead atoms. The molecule has 1 aliphatic rings. The van der Waals surface area contributed by atoms with Gasteiger partial charge < -0.3 is 14.8 Å². The van der Waals surface area contributed by atoms with E-state index < -0.39 is 0 Å². The van der Waals surface area contributed by atoms with E-state index in [1.165, 1.54) is 5.56 Å². The summed E-state index contributed by atoms with van der Waals surface area (Å²) >= 11 is 0. The van der Waals surface area contributed by atoms with Gasteiger partial charge in [-0.25, -0.2) is 0 Å². The van der Waals surface area contributed by atoms with Gasteiger partial charge in [-0.1, -0.05) is 63.3 Å². The topological polar surface area (TPSA) is 61.6 Å². The van der Waals surface area contributed by atoms with Crippen molar-refractivity contribution in [2.75, 3.05) is 45.8 Å². The molecule has 0 radical (unpaired) electrons. The molecule has 7 heteroatoms. The number of hydrogen-bond acceptors (Lipinski definition) is 4. The predicted octanol–water partition coefficient (Wildman–Crippen LogP) is 2.77. The number of hydrogen-bond donors (Lipinski definition) is 1. The summed E-state index contributed by atoms with van der Waals surface area (Å²) < 4.78 is 2.12. The minimum absolute atomic E-state index is 0.547. The van der Waals surface area contributed by atoms with Crippen LogP contribution >= 0.6 is 0 Å². The van der Waals surface area contributed by atoms with Gasteiger partial charge in [0.25, 0.3) is 0 Å². The molecule has 0 saturated carbocycles. The Balaban J connectivity index is 1.48. The fraction of sp³-hybridized carbons (Fsp3) is 0.542. The predicted molar refractivity (Wildman–Crippen MR) is 128 cm³/mol. The van der Waals surface area contributed by atoms with Crippen molar-refractivity contribution in [2.24, 2.45) is 10.9 Å². The number of aromatic nitrogens is 3. The number of rotatable bonds is 9. The van der Waals surface area contributed by atoms with Crippen LogP contribution in [0.5, 0.6) is 0 Å². The molecule has 0 amide bonds. The maximum absolute atomic E-state index is 4.89. The number of guanidine groups is 1. The van der Waals surface area contributed by atoms with Gasteiger partial charge in [0.05, 0.1) is 0 Å². The van der Waals surface area contributed by atoms with Crippen LogP contribution in [0.25, 0.3) is 6.08 Å². The Bertz CT molecular complexity index is 817. The lowest BCUT2D eigenvalue weighted by molar-refractivity contribution is 0.194. The maximum atomic E-state index is 4.89. The third-order valence-electron chi connectivity index (χ3n) is 5.40. The zero-order chi connectivity index (χ0) is 21.9. The Labute approximate surface area is 186 Å². The molecule has 0 spiro atoms. The van der Waals surface area contributed by atoms with Gasteiger partial charge in [-0.2, -0.15) is 0 Å². The van der Waals surface area contributed by atoms with Crippen LogP contribution in [0.1, 0.15) is 32.2 Å². The molecular weight excluding hydrogens is 386 g/mol. The lowest BCUT2D eigenvalue weighted by Crippen LogP contribution is -2.52. The number of piperazine rings is 1. The number of nitrogens with zero attached hydrogens (tertiary/aromatic N) is 6. The Morgan fingerprint density at radius 2 is 1.94 bits per heavy atom. The fourth-order valence-corrected chi connectivity index (χ4v) is 3.61. The van der Waals surface area contributed by atoms with E-state index in [2.05, 4.69) is 93.1 Å². The summed E-state index contributed by atoms with van der Waals surface area (Å²) in [7, 11) is 0. The largest absolute Gasteiger partial charge is 0.354 e. The lowest BCUT2D eigenvalue weighted by atomic mass is 10.2. The van der Waals surface area contributed by atoms with Crippen molar-refractivity contribution in [1.82, 2.24) is 29.9 Å². The normalized spacial score (nSPS) is 15.9. The van der Waals surface area contributed by atoms with Crippen LogP contribution in [0, 0.1) is 5.92 Å². The van der Waals surface area contributed by atoms with Crippen molar-refractivity contribution in [3.8, 4) is 0 Å². The molecule has 1 fully saturated rings. The molecule has 1 aromatic carbocycles. The Morgan fingerprint density at radius 3 is 2.65 bits per heavy atom. The van der Waals surface area contributed by atoms with Crippen molar-refractivity contribution in [3.05, 3.63) is 54.1 Å². The van der Waals surface area contributed by atoms with Gasteiger partial charge in [-0.05, 0) is 11.5 Å². The SMILES string of the molecule is CCc1nncn1CCNC(=NCC(C)C)N1CCN(C/C=C/c2ccccc2)CC1. The molecule has 1 N–H and O–H groups in total. The summed E-state index contributed by atoms with van der Waals surface area (Å²) in [5, 5.41) is 11.8. The second-order valence-electron chi connectivity index (χ2n) is 8.38. The Hall–Kier alpha value is -2.67. The van der Waals surface area contributed by atoms with Crippen LogP contribution in [0.4, 0.5) is 0 Å². The van der Waals surface area contributed by atoms with Crippen molar-refractivity contribution < 1.29 is 0 Å². The molecule has 0 atom stereocenters. The maximum Gasteiger partial charge on any atom is 0.194 e. The highest BCUT2D eigenvalue weighted by atomic mass is 15.4. The van der Waals surface area contributed by atoms with Crippen molar-refractivity contribution in [3.63, 3.8) is 0 Å². The first-order valence-electron chi connectivity index (χ1n) is 11.5. The van der Waals surface area contributed by atoms with E-state index in [4.69, 9.17) is 4.99 Å². The van der Waals surface area contributed by atoms with E-state index in [1.54, 1.807) is 0 Å². The third-order valence-corrected chi connectivity index (χ3v) is 5.40. The number of aliphatic imine (C=N–C) groups is 1. The highest BCUT2D eigenvalue weighted by Crippen LogP contribution is 2.06. The molecule has 0 aliphatic carbocycles. The van der Waals surface area contributed by atoms with Gasteiger partial charge in [-0.3, -0.25) is 9.89 Å². The van der Waals surface area contributed by atoms with Gasteiger partial charge in [-0.15, -0.1) is 10.2 Å². The van der Waals surface area contributed by atoms with Crippen LogP contribution in [0.15, 0.2) is 47.7 Å². The molecule has 7 nitrogen and oxygen atoms in total. The minimum atomic E-state index is 0.547. The molecule has 0 unspecified atom stereocenters. The quantitative estimate of drug-likeness (QED) is 0.496. The molecule has 31 heavy (non-hydrogen) atoms. The van der Waals surface area contributed by atoms with Gasteiger partial charge in [0.1, 0.15) is 12.2 Å². The zero-order valence-electron chi connectivity index (χ0n) is 19.2. The second-order valence-corrected chi connectivity index (χ2v) is 8.38. The molecule has 3 rings (SSSR count). The summed E-state index contributed by atoms with van der Waals surface area (Å²) in [5.41, 5.74) is 1.26. The van der Waals surface area contributed by atoms with E-state index in [0.29, 0.717) is 5.92 Å². The van der Waals surface area contributed by atoms with Crippen LogP contribution in [-0.2, 0) is 13.0 Å². The summed E-state index contributed by atoms with van der Waals surface area (Å²) in [6.45, 7) is 14.1. The molecule has 168 valence electrons. The number of benzene rings is 1. The van der Waals surface area contributed by atoms with Crippen molar-refractivity contribution in [2.45, 2.75) is 33.7 Å². The van der Waals surface area contributed by atoms with Gasteiger partial charge in [0.15, 0.2) is 5.96 Å². The first-order chi connectivity index (χ1) is 15.2. The Kier molecular flexibility index (Phi) is 9.09. The fourth-order valence-electron chi connectivity index (χ4n) is 3.61. The van der Waals surface area contributed by atoms with E-state index in [-0.39, 0.29) is 0 Å². The summed E-state index contributed by atoms with van der Waals surface area (Å²) in [4.78, 5) is 9.79. The average Bonchev–Trinajstić information content (AvgIpc) is 3.25. The van der Waals surface area contributed by atoms with Crippen molar-refractivity contribution >= 4 is 12.0 Å². The molecule has 1 aromatic heterocycles. The van der Waals surface area contributed by atoms with Crippen LogP contribution < -0.4 is 5.32 Å². The second kappa shape index (κ2) is 12.2. The first-order valence-corrected chi connectivity index (χ1v) is 11.5. The molecule has 1 saturated heterocycles. The average molecular weight is 424 g/mol. The number of aryl methyl sites for hydroxylation is 1. The smallest absolute Gasteiger partial charge is 0.194 e. The van der Waals surface area contributed by atoms with E-state index in [0.717, 1.165) is 70.6 Å². The monoisotopic (exact) mass is 423 g/mol. The van der Waals surface area contributed by atoms with Crippen LogP contribution in [0.3, 0.4) is 0 Å². The molecule has 2 heterocycles. The van der Waals surface area contributed by atoms with Crippen molar-refractivity contribution in [1.29, 1.82) is 0 Å². The first kappa shape index (κ1) is 23.0. The highest BCUT2D eigenvalue weighted by molar-refractivity contribution is 5.80. The van der Waals surface area contributed by atoms with Crippen LogP contribution in [0.2, 0.25) is 0 Å². The lowest BCUT2D eigenvalue weighted by Gasteiger charge is -2.36. The number of nitrogens with one attached hydrogen (secondary N) is 1. The van der Waals surface area contributed by atoms with E-state index in [9.17, 15) is 0 Å². The molecular formula is C24H37N7. The van der Waals surface area contributed by atoms with Gasteiger partial charge in [0.2, 0.25) is 0 Å².